The largest absolute Gasteiger partial charge is 0.462 e. The normalized spacial score (nSPS) is 19.0. The highest BCUT2D eigenvalue weighted by Gasteiger charge is 2.44. The molecule has 6 atom stereocenters. The molecule has 392 valence electrons. The summed E-state index contributed by atoms with van der Waals surface area (Å²) in [5.41, 5.74) is 0. The van der Waals surface area contributed by atoms with Crippen LogP contribution in [0.4, 0.5) is 0 Å². The Bertz CT molecular complexity index is 1040. The summed E-state index contributed by atoms with van der Waals surface area (Å²) < 4.78 is 22.3. The van der Waals surface area contributed by atoms with Crippen LogP contribution in [0.5, 0.6) is 0 Å². The van der Waals surface area contributed by atoms with Crippen LogP contribution in [0.1, 0.15) is 290 Å². The van der Waals surface area contributed by atoms with Gasteiger partial charge in [0.1, 0.15) is 31.0 Å². The summed E-state index contributed by atoms with van der Waals surface area (Å²) in [7, 11) is 0. The zero-order chi connectivity index (χ0) is 48.0. The molecule has 1 saturated heterocycles. The van der Waals surface area contributed by atoms with E-state index in [0.717, 1.165) is 32.1 Å². The molecule has 0 spiro atoms. The Morgan fingerprint density at radius 1 is 0.409 bits per heavy atom. The third kappa shape index (κ3) is 37.6. The third-order valence-electron chi connectivity index (χ3n) is 13.7. The maximum atomic E-state index is 12.9. The third-order valence-corrected chi connectivity index (χ3v) is 13.7. The lowest BCUT2D eigenvalue weighted by atomic mass is 9.99. The van der Waals surface area contributed by atoms with Gasteiger partial charge in [0.15, 0.2) is 12.4 Å². The van der Waals surface area contributed by atoms with Crippen LogP contribution in [0.3, 0.4) is 0 Å². The van der Waals surface area contributed by atoms with E-state index in [0.29, 0.717) is 6.42 Å². The number of carbonyl (C=O) groups excluding carboxylic acids is 2. The molecule has 0 saturated carbocycles. The zero-order valence-electron chi connectivity index (χ0n) is 43.2. The summed E-state index contributed by atoms with van der Waals surface area (Å²) >= 11 is 0. The van der Waals surface area contributed by atoms with E-state index in [1.807, 2.05) is 0 Å². The van der Waals surface area contributed by atoms with Gasteiger partial charge < -0.3 is 39.4 Å². The van der Waals surface area contributed by atoms with Crippen molar-refractivity contribution in [3.8, 4) is 0 Å². The van der Waals surface area contributed by atoms with Crippen LogP contribution in [0.25, 0.3) is 0 Å². The van der Waals surface area contributed by atoms with Crippen molar-refractivity contribution in [3.05, 3.63) is 0 Å². The van der Waals surface area contributed by atoms with E-state index in [4.69, 9.17) is 18.9 Å². The molecule has 1 aliphatic rings. The van der Waals surface area contributed by atoms with Crippen molar-refractivity contribution in [2.24, 2.45) is 0 Å². The van der Waals surface area contributed by atoms with Crippen LogP contribution >= 0.6 is 0 Å². The number of unbranched alkanes of at least 4 members (excludes halogenated alkanes) is 39. The summed E-state index contributed by atoms with van der Waals surface area (Å²) in [5.74, 6) is -0.782. The van der Waals surface area contributed by atoms with Crippen molar-refractivity contribution in [2.45, 2.75) is 327 Å². The molecule has 0 aromatic carbocycles. The van der Waals surface area contributed by atoms with E-state index in [-0.39, 0.29) is 32.0 Å². The Hall–Kier alpha value is -1.30. The summed E-state index contributed by atoms with van der Waals surface area (Å²) in [6.45, 7) is 3.50. The molecule has 0 amide bonds. The topological polar surface area (TPSA) is 152 Å². The molecule has 1 rings (SSSR count). The second-order valence-corrected chi connectivity index (χ2v) is 20.1. The standard InChI is InChI=1S/C56H108O10/c1-3-5-7-9-11-13-15-17-19-21-23-24-25-26-27-29-31-33-35-37-39-41-43-45-52(59)65-49(48-64-56-55(62)54(61)53(60)50(46-57)66-56)47-63-51(58)44-42-40-38-36-34-32-30-28-22-20-18-16-14-12-10-8-6-4-2/h49-50,53-57,60-62H,3-48H2,1-2H3. The number of aliphatic hydroxyl groups is 4. The molecule has 1 heterocycles. The first-order chi connectivity index (χ1) is 32.3. The molecule has 0 aliphatic carbocycles. The Balaban J connectivity index is 2.18. The summed E-state index contributed by atoms with van der Waals surface area (Å²) in [4.78, 5) is 25.5. The lowest BCUT2D eigenvalue weighted by Gasteiger charge is -2.39. The summed E-state index contributed by atoms with van der Waals surface area (Å²) in [6.07, 6.45) is 45.5. The molecule has 0 aromatic heterocycles. The first-order valence-electron chi connectivity index (χ1n) is 28.6. The number of esters is 2. The molecule has 6 unspecified atom stereocenters. The molecule has 0 aromatic rings. The lowest BCUT2D eigenvalue weighted by Crippen LogP contribution is -2.59. The predicted octanol–water partition coefficient (Wildman–Crippen LogP) is 14.1. The molecule has 66 heavy (non-hydrogen) atoms. The van der Waals surface area contributed by atoms with Gasteiger partial charge in [-0.05, 0) is 12.8 Å². The van der Waals surface area contributed by atoms with Crippen molar-refractivity contribution in [2.75, 3.05) is 19.8 Å². The quantitative estimate of drug-likeness (QED) is 0.0343. The van der Waals surface area contributed by atoms with Crippen molar-refractivity contribution < 1.29 is 49.0 Å². The Morgan fingerprint density at radius 3 is 1.03 bits per heavy atom. The number of hydrogen-bond donors (Lipinski definition) is 4. The van der Waals surface area contributed by atoms with E-state index in [1.165, 1.54) is 225 Å². The smallest absolute Gasteiger partial charge is 0.306 e. The fourth-order valence-electron chi connectivity index (χ4n) is 9.25. The Kier molecular flexibility index (Phi) is 45.0. The monoisotopic (exact) mass is 941 g/mol. The average molecular weight is 941 g/mol. The van der Waals surface area contributed by atoms with E-state index in [9.17, 15) is 30.0 Å². The molecule has 10 heteroatoms. The minimum absolute atomic E-state index is 0.208. The second-order valence-electron chi connectivity index (χ2n) is 20.1. The van der Waals surface area contributed by atoms with Crippen LogP contribution < -0.4 is 0 Å². The Morgan fingerprint density at radius 2 is 0.712 bits per heavy atom. The van der Waals surface area contributed by atoms with E-state index in [2.05, 4.69) is 13.8 Å². The fraction of sp³-hybridized carbons (Fsp3) is 0.964. The van der Waals surface area contributed by atoms with Gasteiger partial charge in [-0.2, -0.15) is 0 Å². The number of rotatable bonds is 50. The zero-order valence-corrected chi connectivity index (χ0v) is 43.2. The lowest BCUT2D eigenvalue weighted by molar-refractivity contribution is -0.305. The van der Waals surface area contributed by atoms with Gasteiger partial charge in [-0.3, -0.25) is 9.59 Å². The molecule has 0 bridgehead atoms. The average Bonchev–Trinajstić information content (AvgIpc) is 3.32. The van der Waals surface area contributed by atoms with Crippen LogP contribution in [0.2, 0.25) is 0 Å². The van der Waals surface area contributed by atoms with Gasteiger partial charge in [-0.1, -0.05) is 264 Å². The highest BCUT2D eigenvalue weighted by molar-refractivity contribution is 5.70. The molecular weight excluding hydrogens is 833 g/mol. The van der Waals surface area contributed by atoms with Crippen molar-refractivity contribution in [1.29, 1.82) is 0 Å². The molecule has 0 radical (unpaired) electrons. The number of aliphatic hydroxyl groups excluding tert-OH is 4. The first-order valence-corrected chi connectivity index (χ1v) is 28.6. The summed E-state index contributed by atoms with van der Waals surface area (Å²) in [5, 5.41) is 40.3. The minimum atomic E-state index is -1.59. The van der Waals surface area contributed by atoms with Gasteiger partial charge in [-0.15, -0.1) is 0 Å². The molecular formula is C56H108O10. The van der Waals surface area contributed by atoms with Gasteiger partial charge in [-0.25, -0.2) is 0 Å². The number of ether oxygens (including phenoxy) is 4. The van der Waals surface area contributed by atoms with Crippen molar-refractivity contribution in [3.63, 3.8) is 0 Å². The van der Waals surface area contributed by atoms with E-state index < -0.39 is 49.4 Å². The van der Waals surface area contributed by atoms with Gasteiger partial charge in [0.25, 0.3) is 0 Å². The highest BCUT2D eigenvalue weighted by atomic mass is 16.7. The maximum Gasteiger partial charge on any atom is 0.306 e. The fourth-order valence-corrected chi connectivity index (χ4v) is 9.25. The van der Waals surface area contributed by atoms with Crippen LogP contribution in [-0.4, -0.2) is 89.0 Å². The van der Waals surface area contributed by atoms with Crippen LogP contribution in [-0.2, 0) is 28.5 Å². The SMILES string of the molecule is CCCCCCCCCCCCCCCCCCCCCCCCCC(=O)OC(COC(=O)CCCCCCCCCCCCCCCCCCCC)COC1OC(CO)C(O)C(O)C1O. The first kappa shape index (κ1) is 62.7. The van der Waals surface area contributed by atoms with Gasteiger partial charge in [0, 0.05) is 12.8 Å². The molecule has 10 nitrogen and oxygen atoms in total. The van der Waals surface area contributed by atoms with Crippen LogP contribution in [0, 0.1) is 0 Å². The number of hydrogen-bond acceptors (Lipinski definition) is 10. The summed E-state index contributed by atoms with van der Waals surface area (Å²) in [6, 6.07) is 0. The van der Waals surface area contributed by atoms with Gasteiger partial charge >= 0.3 is 11.9 Å². The minimum Gasteiger partial charge on any atom is -0.462 e. The van der Waals surface area contributed by atoms with Gasteiger partial charge in [0.05, 0.1) is 13.2 Å². The second kappa shape index (κ2) is 47.4. The Labute approximate surface area is 406 Å². The van der Waals surface area contributed by atoms with Gasteiger partial charge in [0.2, 0.25) is 0 Å². The maximum absolute atomic E-state index is 12.9. The van der Waals surface area contributed by atoms with Crippen molar-refractivity contribution in [1.82, 2.24) is 0 Å². The predicted molar refractivity (Wildman–Crippen MR) is 270 cm³/mol. The number of carbonyl (C=O) groups is 2. The van der Waals surface area contributed by atoms with Crippen LogP contribution in [0.15, 0.2) is 0 Å². The van der Waals surface area contributed by atoms with Crippen molar-refractivity contribution >= 4 is 11.9 Å². The molecule has 4 N–H and O–H groups in total. The van der Waals surface area contributed by atoms with E-state index in [1.54, 1.807) is 0 Å². The highest BCUT2D eigenvalue weighted by Crippen LogP contribution is 2.23. The molecule has 1 fully saturated rings. The van der Waals surface area contributed by atoms with E-state index >= 15 is 0 Å². The molecule has 1 aliphatic heterocycles.